The summed E-state index contributed by atoms with van der Waals surface area (Å²) >= 11 is 1.83. The quantitative estimate of drug-likeness (QED) is 0.833. The minimum atomic E-state index is 0.0141. The van der Waals surface area contributed by atoms with Crippen LogP contribution in [0.3, 0.4) is 0 Å². The van der Waals surface area contributed by atoms with Gasteiger partial charge < -0.3 is 9.47 Å². The Kier molecular flexibility index (Phi) is 4.68. The minimum Gasteiger partial charge on any atom is -0.372 e. The number of likely N-dealkylation sites (tertiary alicyclic amines) is 1. The summed E-state index contributed by atoms with van der Waals surface area (Å²) in [6.07, 6.45) is 2.27. The van der Waals surface area contributed by atoms with Gasteiger partial charge in [0.05, 0.1) is 24.0 Å². The molecular weight excluding hydrogens is 320 g/mol. The number of aromatic nitrogens is 1. The molecule has 2 fully saturated rings. The van der Waals surface area contributed by atoms with Crippen LogP contribution in [0.25, 0.3) is 0 Å². The number of aryl methyl sites for hydroxylation is 1. The SMILES string of the molecule is Cc1cccc(CO[C@H]2CCOC3(C2)CN(Cc2cccs2)C3)n1. The van der Waals surface area contributed by atoms with E-state index in [9.17, 15) is 0 Å². The molecule has 2 aliphatic heterocycles. The summed E-state index contributed by atoms with van der Waals surface area (Å²) in [6, 6.07) is 10.4. The molecular formula is C19H24N2O2S. The van der Waals surface area contributed by atoms with Crippen LogP contribution in [0.2, 0.25) is 0 Å². The van der Waals surface area contributed by atoms with Crippen LogP contribution in [0.1, 0.15) is 29.1 Å². The summed E-state index contributed by atoms with van der Waals surface area (Å²) in [5.41, 5.74) is 2.08. The Morgan fingerprint density at radius 1 is 1.33 bits per heavy atom. The van der Waals surface area contributed by atoms with Gasteiger partial charge >= 0.3 is 0 Å². The van der Waals surface area contributed by atoms with Crippen LogP contribution in [0.5, 0.6) is 0 Å². The lowest BCUT2D eigenvalue weighted by Crippen LogP contribution is -2.65. The van der Waals surface area contributed by atoms with E-state index in [4.69, 9.17) is 9.47 Å². The molecule has 1 atom stereocenters. The van der Waals surface area contributed by atoms with Gasteiger partial charge in [-0.1, -0.05) is 12.1 Å². The van der Waals surface area contributed by atoms with E-state index in [1.54, 1.807) is 0 Å². The van der Waals surface area contributed by atoms with Gasteiger partial charge in [0.2, 0.25) is 0 Å². The van der Waals surface area contributed by atoms with E-state index in [1.165, 1.54) is 4.88 Å². The molecule has 0 saturated carbocycles. The van der Waals surface area contributed by atoms with Crippen LogP contribution in [-0.4, -0.2) is 41.3 Å². The van der Waals surface area contributed by atoms with Crippen molar-refractivity contribution in [2.75, 3.05) is 19.7 Å². The molecule has 128 valence electrons. The predicted octanol–water partition coefficient (Wildman–Crippen LogP) is 3.40. The first-order valence-corrected chi connectivity index (χ1v) is 9.52. The average Bonchev–Trinajstić information content (AvgIpc) is 3.05. The number of nitrogens with zero attached hydrogens (tertiary/aromatic N) is 2. The summed E-state index contributed by atoms with van der Waals surface area (Å²) in [7, 11) is 0. The lowest BCUT2D eigenvalue weighted by Gasteiger charge is -2.53. The third-order valence-corrected chi connectivity index (χ3v) is 5.70. The van der Waals surface area contributed by atoms with Crippen LogP contribution in [0, 0.1) is 6.92 Å². The molecule has 24 heavy (non-hydrogen) atoms. The van der Waals surface area contributed by atoms with Crippen molar-refractivity contribution in [1.29, 1.82) is 0 Å². The van der Waals surface area contributed by atoms with E-state index in [1.807, 2.05) is 36.5 Å². The lowest BCUT2D eigenvalue weighted by atomic mass is 9.84. The molecule has 2 aromatic heterocycles. The molecule has 4 heterocycles. The molecule has 4 rings (SSSR count). The molecule has 0 bridgehead atoms. The largest absolute Gasteiger partial charge is 0.372 e. The Labute approximate surface area is 147 Å². The fourth-order valence-corrected chi connectivity index (χ4v) is 4.48. The van der Waals surface area contributed by atoms with Crippen LogP contribution in [0.15, 0.2) is 35.7 Å². The normalized spacial score (nSPS) is 23.3. The van der Waals surface area contributed by atoms with Crippen molar-refractivity contribution < 1.29 is 9.47 Å². The second kappa shape index (κ2) is 6.92. The Hall–Kier alpha value is -1.27. The second-order valence-corrected chi connectivity index (χ2v) is 7.98. The standard InChI is InChI=1S/C19H24N2O2S/c1-15-4-2-5-16(20-15)12-22-17-7-8-23-19(10-17)13-21(14-19)11-18-6-3-9-24-18/h2-6,9,17H,7-8,10-14H2,1H3/t17-/m0/s1. The van der Waals surface area contributed by atoms with Gasteiger partial charge in [-0.25, -0.2) is 0 Å². The predicted molar refractivity (Wildman–Crippen MR) is 95.1 cm³/mol. The van der Waals surface area contributed by atoms with Gasteiger partial charge in [0.25, 0.3) is 0 Å². The average molecular weight is 344 g/mol. The van der Waals surface area contributed by atoms with Crippen molar-refractivity contribution in [3.63, 3.8) is 0 Å². The molecule has 0 amide bonds. The zero-order valence-corrected chi connectivity index (χ0v) is 14.9. The summed E-state index contributed by atoms with van der Waals surface area (Å²) in [4.78, 5) is 8.42. The molecule has 2 aromatic rings. The first-order valence-electron chi connectivity index (χ1n) is 8.64. The maximum Gasteiger partial charge on any atom is 0.0959 e. The van der Waals surface area contributed by atoms with E-state index in [0.29, 0.717) is 6.61 Å². The summed E-state index contributed by atoms with van der Waals surface area (Å²) < 4.78 is 12.3. The zero-order chi connectivity index (χ0) is 16.4. The number of pyridine rings is 1. The van der Waals surface area contributed by atoms with Gasteiger partial charge in [-0.15, -0.1) is 11.3 Å². The highest BCUT2D eigenvalue weighted by Gasteiger charge is 2.47. The van der Waals surface area contributed by atoms with Crippen molar-refractivity contribution in [3.8, 4) is 0 Å². The summed E-state index contributed by atoms with van der Waals surface area (Å²) in [5, 5.41) is 2.14. The van der Waals surface area contributed by atoms with E-state index >= 15 is 0 Å². The number of thiophene rings is 1. The van der Waals surface area contributed by atoms with Crippen molar-refractivity contribution in [1.82, 2.24) is 9.88 Å². The Morgan fingerprint density at radius 3 is 3.04 bits per heavy atom. The summed E-state index contributed by atoms with van der Waals surface area (Å²) in [5.74, 6) is 0. The third-order valence-electron chi connectivity index (χ3n) is 4.84. The number of hydrogen-bond acceptors (Lipinski definition) is 5. The first-order chi connectivity index (χ1) is 11.7. The Morgan fingerprint density at radius 2 is 2.25 bits per heavy atom. The fraction of sp³-hybridized carbons (Fsp3) is 0.526. The van der Waals surface area contributed by atoms with Crippen LogP contribution >= 0.6 is 11.3 Å². The van der Waals surface area contributed by atoms with Crippen molar-refractivity contribution >= 4 is 11.3 Å². The Balaban J connectivity index is 1.27. The maximum absolute atomic E-state index is 6.14. The minimum absolute atomic E-state index is 0.0141. The topological polar surface area (TPSA) is 34.6 Å². The molecule has 0 aromatic carbocycles. The van der Waals surface area contributed by atoms with Crippen molar-refractivity contribution in [3.05, 3.63) is 52.0 Å². The van der Waals surface area contributed by atoms with Crippen LogP contribution in [0.4, 0.5) is 0 Å². The number of hydrogen-bond donors (Lipinski definition) is 0. The first kappa shape index (κ1) is 16.2. The van der Waals surface area contributed by atoms with Crippen LogP contribution < -0.4 is 0 Å². The highest BCUT2D eigenvalue weighted by atomic mass is 32.1. The molecule has 0 N–H and O–H groups in total. The second-order valence-electron chi connectivity index (χ2n) is 6.95. The Bertz CT molecular complexity index is 668. The van der Waals surface area contributed by atoms with E-state index in [-0.39, 0.29) is 11.7 Å². The van der Waals surface area contributed by atoms with Crippen LogP contribution in [-0.2, 0) is 22.6 Å². The fourth-order valence-electron chi connectivity index (χ4n) is 3.73. The lowest BCUT2D eigenvalue weighted by molar-refractivity contribution is -0.200. The molecule has 1 spiro atoms. The molecule has 0 unspecified atom stereocenters. The van der Waals surface area contributed by atoms with E-state index < -0.39 is 0 Å². The van der Waals surface area contributed by atoms with Gasteiger partial charge in [0.15, 0.2) is 0 Å². The highest BCUT2D eigenvalue weighted by molar-refractivity contribution is 7.09. The molecule has 4 nitrogen and oxygen atoms in total. The molecule has 2 saturated heterocycles. The van der Waals surface area contributed by atoms with Crippen molar-refractivity contribution in [2.24, 2.45) is 0 Å². The number of ether oxygens (including phenoxy) is 2. The third kappa shape index (κ3) is 3.70. The van der Waals surface area contributed by atoms with Gasteiger partial charge in [0.1, 0.15) is 0 Å². The van der Waals surface area contributed by atoms with Gasteiger partial charge in [-0.2, -0.15) is 0 Å². The maximum atomic E-state index is 6.14. The summed E-state index contributed by atoms with van der Waals surface area (Å²) in [6.45, 7) is 6.51. The van der Waals surface area contributed by atoms with Gasteiger partial charge in [0, 0.05) is 43.2 Å². The van der Waals surface area contributed by atoms with E-state index in [0.717, 1.165) is 50.5 Å². The molecule has 2 aliphatic rings. The molecule has 5 heteroatoms. The molecule has 0 radical (unpaired) electrons. The zero-order valence-electron chi connectivity index (χ0n) is 14.1. The monoisotopic (exact) mass is 344 g/mol. The molecule has 0 aliphatic carbocycles. The number of rotatable bonds is 5. The van der Waals surface area contributed by atoms with Gasteiger partial charge in [-0.05, 0) is 36.9 Å². The van der Waals surface area contributed by atoms with Gasteiger partial charge in [-0.3, -0.25) is 9.88 Å². The van der Waals surface area contributed by atoms with E-state index in [2.05, 4.69) is 27.4 Å². The smallest absolute Gasteiger partial charge is 0.0959 e. The highest BCUT2D eigenvalue weighted by Crippen LogP contribution is 2.36. The van der Waals surface area contributed by atoms with Crippen molar-refractivity contribution in [2.45, 2.75) is 44.6 Å².